The summed E-state index contributed by atoms with van der Waals surface area (Å²) in [7, 11) is 0. The fourth-order valence-corrected chi connectivity index (χ4v) is 2.80. The van der Waals surface area contributed by atoms with Gasteiger partial charge in [0.2, 0.25) is 0 Å². The van der Waals surface area contributed by atoms with Crippen molar-refractivity contribution in [2.45, 2.75) is 18.9 Å². The second-order valence-corrected chi connectivity index (χ2v) is 5.82. The van der Waals surface area contributed by atoms with Crippen LogP contribution in [0.25, 0.3) is 5.69 Å². The number of likely N-dealkylation sites (tertiary alicyclic amines) is 1. The molecule has 0 bridgehead atoms. The average Bonchev–Trinajstić information content (AvgIpc) is 2.62. The van der Waals surface area contributed by atoms with Crippen LogP contribution < -0.4 is 10.3 Å². The van der Waals surface area contributed by atoms with Gasteiger partial charge in [-0.3, -0.25) is 9.36 Å². The highest BCUT2D eigenvalue weighted by molar-refractivity contribution is 5.65. The summed E-state index contributed by atoms with van der Waals surface area (Å²) in [6.07, 6.45) is 1.82. The molecule has 1 aromatic heterocycles. The van der Waals surface area contributed by atoms with Crippen LogP contribution in [-0.4, -0.2) is 39.9 Å². The van der Waals surface area contributed by atoms with Gasteiger partial charge in [0.15, 0.2) is 0 Å². The lowest BCUT2D eigenvalue weighted by Crippen LogP contribution is -2.41. The summed E-state index contributed by atoms with van der Waals surface area (Å²) in [5.74, 6) is 0.476. The minimum atomic E-state index is -0.913. The third kappa shape index (κ3) is 3.80. The van der Waals surface area contributed by atoms with Crippen molar-refractivity contribution in [1.82, 2.24) is 9.47 Å². The summed E-state index contributed by atoms with van der Waals surface area (Å²) in [6, 6.07) is 11.9. The van der Waals surface area contributed by atoms with E-state index < -0.39 is 6.09 Å². The molecule has 0 aliphatic carbocycles. The lowest BCUT2D eigenvalue weighted by molar-refractivity contribution is 0.0893. The third-order valence-corrected chi connectivity index (χ3v) is 4.18. The van der Waals surface area contributed by atoms with Gasteiger partial charge in [-0.25, -0.2) is 4.79 Å². The number of amides is 1. The average molecular weight is 339 g/mol. The quantitative estimate of drug-likeness (QED) is 0.925. The summed E-state index contributed by atoms with van der Waals surface area (Å²) in [4.78, 5) is 24.6. The Bertz CT molecular complexity index is 859. The van der Waals surface area contributed by atoms with E-state index >= 15 is 0 Å². The number of rotatable bonds is 3. The van der Waals surface area contributed by atoms with Crippen molar-refractivity contribution >= 4 is 6.09 Å². The van der Waals surface area contributed by atoms with Crippen LogP contribution in [0.4, 0.5) is 4.79 Å². The molecule has 0 atom stereocenters. The molecule has 7 heteroatoms. The highest BCUT2D eigenvalue weighted by Crippen LogP contribution is 2.18. The zero-order chi connectivity index (χ0) is 17.8. The van der Waals surface area contributed by atoms with Crippen LogP contribution in [0, 0.1) is 11.3 Å². The first-order valence-corrected chi connectivity index (χ1v) is 7.94. The van der Waals surface area contributed by atoms with E-state index in [-0.39, 0.29) is 11.7 Å². The first-order chi connectivity index (χ1) is 12.1. The Balaban J connectivity index is 1.69. The van der Waals surface area contributed by atoms with Crippen molar-refractivity contribution < 1.29 is 14.6 Å². The minimum absolute atomic E-state index is 0.0965. The van der Waals surface area contributed by atoms with Crippen molar-refractivity contribution in [2.24, 2.45) is 0 Å². The van der Waals surface area contributed by atoms with Crippen LogP contribution in [0.5, 0.6) is 5.75 Å². The number of hydrogen-bond donors (Lipinski definition) is 1. The maximum absolute atomic E-state index is 12.3. The minimum Gasteiger partial charge on any atom is -0.490 e. The van der Waals surface area contributed by atoms with Gasteiger partial charge in [-0.05, 0) is 30.3 Å². The number of ether oxygens (including phenoxy) is 1. The standard InChI is InChI=1S/C18H17N3O4/c19-12-13-1-3-14(4-2-13)21-10-7-16(11-17(21)22)25-15-5-8-20(9-6-15)18(23)24/h1-4,7,10-11,15H,5-6,8-9H2,(H,23,24). The summed E-state index contributed by atoms with van der Waals surface area (Å²) >= 11 is 0. The Hall–Kier alpha value is -3.27. The van der Waals surface area contributed by atoms with Gasteiger partial charge in [0.25, 0.3) is 5.56 Å². The van der Waals surface area contributed by atoms with Crippen LogP contribution >= 0.6 is 0 Å². The zero-order valence-corrected chi connectivity index (χ0v) is 13.5. The van der Waals surface area contributed by atoms with E-state index in [0.29, 0.717) is 42.9 Å². The molecule has 0 unspecified atom stereocenters. The van der Waals surface area contributed by atoms with E-state index in [2.05, 4.69) is 0 Å². The van der Waals surface area contributed by atoms with Gasteiger partial charge in [-0.15, -0.1) is 0 Å². The van der Waals surface area contributed by atoms with E-state index in [4.69, 9.17) is 15.1 Å². The second-order valence-electron chi connectivity index (χ2n) is 5.82. The maximum atomic E-state index is 12.3. The Kier molecular flexibility index (Phi) is 4.70. The van der Waals surface area contributed by atoms with Crippen molar-refractivity contribution in [3.8, 4) is 17.5 Å². The molecule has 1 aliphatic heterocycles. The van der Waals surface area contributed by atoms with Crippen molar-refractivity contribution in [3.05, 3.63) is 58.5 Å². The Morgan fingerprint density at radius 3 is 2.44 bits per heavy atom. The van der Waals surface area contributed by atoms with E-state index in [9.17, 15) is 9.59 Å². The fourth-order valence-electron chi connectivity index (χ4n) is 2.80. The predicted molar refractivity (Wildman–Crippen MR) is 90.0 cm³/mol. The highest BCUT2D eigenvalue weighted by Gasteiger charge is 2.23. The topological polar surface area (TPSA) is 95.6 Å². The lowest BCUT2D eigenvalue weighted by atomic mass is 10.1. The van der Waals surface area contributed by atoms with Crippen molar-refractivity contribution in [1.29, 1.82) is 5.26 Å². The second kappa shape index (κ2) is 7.09. The molecule has 7 nitrogen and oxygen atoms in total. The number of benzene rings is 1. The number of aromatic nitrogens is 1. The Morgan fingerprint density at radius 2 is 1.88 bits per heavy atom. The van der Waals surface area contributed by atoms with Gasteiger partial charge in [-0.2, -0.15) is 5.26 Å². The molecule has 128 valence electrons. The third-order valence-electron chi connectivity index (χ3n) is 4.18. The molecular weight excluding hydrogens is 322 g/mol. The summed E-state index contributed by atoms with van der Waals surface area (Å²) < 4.78 is 7.29. The number of piperidine rings is 1. The molecule has 1 N–H and O–H groups in total. The largest absolute Gasteiger partial charge is 0.490 e. The number of pyridine rings is 1. The molecule has 3 rings (SSSR count). The van der Waals surface area contributed by atoms with Gasteiger partial charge >= 0.3 is 6.09 Å². The molecule has 1 aromatic carbocycles. The Morgan fingerprint density at radius 1 is 1.20 bits per heavy atom. The van der Waals surface area contributed by atoms with Gasteiger partial charge in [0.1, 0.15) is 11.9 Å². The molecule has 0 radical (unpaired) electrons. The van der Waals surface area contributed by atoms with Crippen LogP contribution in [-0.2, 0) is 0 Å². The molecular formula is C18H17N3O4. The summed E-state index contributed by atoms with van der Waals surface area (Å²) in [6.45, 7) is 0.866. The monoisotopic (exact) mass is 339 g/mol. The molecule has 1 saturated heterocycles. The van der Waals surface area contributed by atoms with Crippen LogP contribution in [0.3, 0.4) is 0 Å². The predicted octanol–water partition coefficient (Wildman–Crippen LogP) is 2.23. The van der Waals surface area contributed by atoms with Crippen LogP contribution in [0.2, 0.25) is 0 Å². The first-order valence-electron chi connectivity index (χ1n) is 7.94. The van der Waals surface area contributed by atoms with Gasteiger partial charge < -0.3 is 14.7 Å². The molecule has 1 aliphatic rings. The number of hydrogen-bond acceptors (Lipinski definition) is 4. The molecule has 0 saturated carbocycles. The molecule has 1 amide bonds. The van der Waals surface area contributed by atoms with E-state index in [1.165, 1.54) is 15.5 Å². The van der Waals surface area contributed by atoms with Gasteiger partial charge in [0.05, 0.1) is 11.6 Å². The number of nitrogens with zero attached hydrogens (tertiary/aromatic N) is 3. The van der Waals surface area contributed by atoms with Gasteiger partial charge in [0, 0.05) is 43.9 Å². The number of carboxylic acid groups (broad SMARTS) is 1. The lowest BCUT2D eigenvalue weighted by Gasteiger charge is -2.30. The molecule has 2 aromatic rings. The number of carbonyl (C=O) groups is 1. The molecule has 1 fully saturated rings. The summed E-state index contributed by atoms with van der Waals surface area (Å²) in [5.41, 5.74) is 0.972. The SMILES string of the molecule is N#Cc1ccc(-n2ccc(OC3CCN(C(=O)O)CC3)cc2=O)cc1. The van der Waals surface area contributed by atoms with Gasteiger partial charge in [-0.1, -0.05) is 0 Å². The molecule has 25 heavy (non-hydrogen) atoms. The molecule has 0 spiro atoms. The summed E-state index contributed by atoms with van der Waals surface area (Å²) in [5, 5.41) is 17.8. The van der Waals surface area contributed by atoms with E-state index in [1.807, 2.05) is 6.07 Å². The number of nitriles is 1. The van der Waals surface area contributed by atoms with E-state index in [0.717, 1.165) is 0 Å². The van der Waals surface area contributed by atoms with Crippen LogP contribution in [0.15, 0.2) is 47.4 Å². The van der Waals surface area contributed by atoms with Crippen molar-refractivity contribution in [3.63, 3.8) is 0 Å². The smallest absolute Gasteiger partial charge is 0.407 e. The first kappa shape index (κ1) is 16.6. The zero-order valence-electron chi connectivity index (χ0n) is 13.5. The molecule has 2 heterocycles. The highest BCUT2D eigenvalue weighted by atomic mass is 16.5. The maximum Gasteiger partial charge on any atom is 0.407 e. The normalized spacial score (nSPS) is 14.8. The fraction of sp³-hybridized carbons (Fsp3) is 0.278. The Labute approximate surface area is 144 Å². The van der Waals surface area contributed by atoms with Crippen molar-refractivity contribution in [2.75, 3.05) is 13.1 Å². The van der Waals surface area contributed by atoms with Crippen LogP contribution in [0.1, 0.15) is 18.4 Å². The van der Waals surface area contributed by atoms with E-state index in [1.54, 1.807) is 36.5 Å².